The van der Waals surface area contributed by atoms with E-state index in [1.807, 2.05) is 0 Å². The number of hydrogen-bond acceptors (Lipinski definition) is 0. The maximum absolute atomic E-state index is 14.7. The van der Waals surface area contributed by atoms with Crippen molar-refractivity contribution in [2.45, 2.75) is 70.6 Å². The van der Waals surface area contributed by atoms with Crippen LogP contribution >= 0.6 is 0 Å². The Morgan fingerprint density at radius 3 is 2.36 bits per heavy atom. The molecule has 0 bridgehead atoms. The molecule has 1 fully saturated rings. The normalized spacial score (nSPS) is 35.0. The predicted molar refractivity (Wildman–Crippen MR) is 78.9 cm³/mol. The molecular weight excluding hydrogens is 292 g/mol. The Kier molecular flexibility index (Phi) is 4.39. The number of alkyl halides is 2. The fraction of sp³-hybridized carbons (Fsp3) is 0.778. The Hall–Kier alpha value is -0.800. The quantitative estimate of drug-likeness (QED) is 0.522. The molecule has 3 rings (SSSR count). The Morgan fingerprint density at radius 1 is 1.05 bits per heavy atom. The number of hydrogen-bond donors (Lipinski definition) is 0. The van der Waals surface area contributed by atoms with Crippen molar-refractivity contribution < 1.29 is 17.6 Å². The molecule has 0 aromatic heterocycles. The van der Waals surface area contributed by atoms with Gasteiger partial charge in [0.1, 0.15) is 5.83 Å². The fourth-order valence-electron chi connectivity index (χ4n) is 4.70. The van der Waals surface area contributed by atoms with Crippen molar-refractivity contribution in [1.82, 2.24) is 0 Å². The van der Waals surface area contributed by atoms with E-state index in [-0.39, 0.29) is 25.2 Å². The van der Waals surface area contributed by atoms with Crippen molar-refractivity contribution in [1.29, 1.82) is 0 Å². The zero-order chi connectivity index (χ0) is 15.9. The van der Waals surface area contributed by atoms with Gasteiger partial charge < -0.3 is 0 Å². The van der Waals surface area contributed by atoms with E-state index in [2.05, 4.69) is 6.92 Å². The first-order valence-corrected chi connectivity index (χ1v) is 8.60. The van der Waals surface area contributed by atoms with E-state index in [1.54, 1.807) is 0 Å². The Bertz CT molecular complexity index is 495. The Morgan fingerprint density at radius 2 is 1.73 bits per heavy atom. The third-order valence-corrected chi connectivity index (χ3v) is 5.88. The van der Waals surface area contributed by atoms with Crippen molar-refractivity contribution in [2.75, 3.05) is 0 Å². The van der Waals surface area contributed by atoms with Gasteiger partial charge in [-0.3, -0.25) is 0 Å². The maximum Gasteiger partial charge on any atom is 0.279 e. The minimum Gasteiger partial charge on any atom is -0.209 e. The minimum atomic E-state index is -3.20. The van der Waals surface area contributed by atoms with Crippen LogP contribution in [0.3, 0.4) is 0 Å². The van der Waals surface area contributed by atoms with Gasteiger partial charge in [0, 0.05) is 12.3 Å². The molecule has 0 spiro atoms. The van der Waals surface area contributed by atoms with Crippen LogP contribution in [0, 0.1) is 17.8 Å². The van der Waals surface area contributed by atoms with Gasteiger partial charge in [0.05, 0.1) is 5.57 Å². The first kappa shape index (κ1) is 16.1. The van der Waals surface area contributed by atoms with E-state index in [4.69, 9.17) is 0 Å². The van der Waals surface area contributed by atoms with Crippen LogP contribution < -0.4 is 0 Å². The van der Waals surface area contributed by atoms with E-state index in [0.29, 0.717) is 11.5 Å². The second-order valence-corrected chi connectivity index (χ2v) is 7.20. The molecule has 0 aromatic rings. The highest BCUT2D eigenvalue weighted by molar-refractivity contribution is 5.46. The summed E-state index contributed by atoms with van der Waals surface area (Å²) in [6, 6.07) is 0. The van der Waals surface area contributed by atoms with Gasteiger partial charge in [0.2, 0.25) is 0 Å². The summed E-state index contributed by atoms with van der Waals surface area (Å²) in [4.78, 5) is 0. The molecule has 1 unspecified atom stereocenters. The first-order chi connectivity index (χ1) is 10.4. The Labute approximate surface area is 129 Å². The van der Waals surface area contributed by atoms with E-state index in [9.17, 15) is 17.6 Å². The average molecular weight is 316 g/mol. The standard InChI is InChI=1S/C18H24F4/c1-2-3-11-4-6-12(7-5-11)14-10-13-8-9-15(19)17(20)16(13)18(14,21)22/h11-12,14H,2-10H2,1H3. The number of halogens is 4. The van der Waals surface area contributed by atoms with Crippen LogP contribution in [0.1, 0.15) is 64.7 Å². The van der Waals surface area contributed by atoms with Gasteiger partial charge in [-0.15, -0.1) is 0 Å². The zero-order valence-corrected chi connectivity index (χ0v) is 13.1. The molecule has 0 N–H and O–H groups in total. The molecule has 0 radical (unpaired) electrons. The van der Waals surface area contributed by atoms with Crippen LogP contribution in [0.25, 0.3) is 0 Å². The monoisotopic (exact) mass is 316 g/mol. The van der Waals surface area contributed by atoms with Crippen LogP contribution in [-0.2, 0) is 0 Å². The number of rotatable bonds is 3. The molecular formula is C18H24F4. The van der Waals surface area contributed by atoms with Gasteiger partial charge in [-0.25, -0.2) is 17.6 Å². The average Bonchev–Trinajstić information content (AvgIpc) is 2.76. The van der Waals surface area contributed by atoms with Crippen LogP contribution in [0.5, 0.6) is 0 Å². The van der Waals surface area contributed by atoms with Crippen molar-refractivity contribution in [3.63, 3.8) is 0 Å². The predicted octanol–water partition coefficient (Wildman–Crippen LogP) is 6.49. The number of allylic oxidation sites excluding steroid dienone is 4. The fourth-order valence-corrected chi connectivity index (χ4v) is 4.70. The summed E-state index contributed by atoms with van der Waals surface area (Å²) >= 11 is 0. The summed E-state index contributed by atoms with van der Waals surface area (Å²) in [6.45, 7) is 2.15. The molecule has 0 aromatic carbocycles. The molecule has 0 saturated heterocycles. The summed E-state index contributed by atoms with van der Waals surface area (Å²) in [5.41, 5.74) is -0.137. The molecule has 0 heterocycles. The lowest BCUT2D eigenvalue weighted by atomic mass is 9.72. The molecule has 1 atom stereocenters. The lowest BCUT2D eigenvalue weighted by Gasteiger charge is -2.35. The van der Waals surface area contributed by atoms with E-state index in [1.165, 1.54) is 6.42 Å². The van der Waals surface area contributed by atoms with E-state index < -0.39 is 29.1 Å². The first-order valence-electron chi connectivity index (χ1n) is 8.60. The topological polar surface area (TPSA) is 0 Å². The zero-order valence-electron chi connectivity index (χ0n) is 13.1. The largest absolute Gasteiger partial charge is 0.279 e. The molecule has 22 heavy (non-hydrogen) atoms. The SMILES string of the molecule is CCCC1CCC(C2CC3=C(C(F)=C(F)CC3)C2(F)F)CC1. The summed E-state index contributed by atoms with van der Waals surface area (Å²) in [7, 11) is 0. The Balaban J connectivity index is 1.73. The molecule has 0 amide bonds. The smallest absolute Gasteiger partial charge is 0.209 e. The summed E-state index contributed by atoms with van der Waals surface area (Å²) in [5.74, 6) is -5.67. The van der Waals surface area contributed by atoms with Crippen LogP contribution in [0.4, 0.5) is 17.6 Å². The van der Waals surface area contributed by atoms with Crippen molar-refractivity contribution in [3.8, 4) is 0 Å². The lowest BCUT2D eigenvalue weighted by molar-refractivity contribution is -0.0433. The summed E-state index contributed by atoms with van der Waals surface area (Å²) < 4.78 is 56.7. The third kappa shape index (κ3) is 2.63. The van der Waals surface area contributed by atoms with Crippen LogP contribution in [0.15, 0.2) is 22.8 Å². The van der Waals surface area contributed by atoms with Gasteiger partial charge in [-0.05, 0) is 37.5 Å². The highest BCUT2D eigenvalue weighted by Gasteiger charge is 2.55. The van der Waals surface area contributed by atoms with Crippen molar-refractivity contribution in [3.05, 3.63) is 22.8 Å². The highest BCUT2D eigenvalue weighted by atomic mass is 19.3. The maximum atomic E-state index is 14.7. The van der Waals surface area contributed by atoms with Crippen LogP contribution in [0.2, 0.25) is 0 Å². The second-order valence-electron chi connectivity index (χ2n) is 7.20. The molecule has 4 heteroatoms. The third-order valence-electron chi connectivity index (χ3n) is 5.88. The molecule has 0 nitrogen and oxygen atoms in total. The van der Waals surface area contributed by atoms with Gasteiger partial charge >= 0.3 is 0 Å². The molecule has 3 aliphatic rings. The molecule has 3 aliphatic carbocycles. The molecule has 124 valence electrons. The van der Waals surface area contributed by atoms with E-state index in [0.717, 1.165) is 32.1 Å². The van der Waals surface area contributed by atoms with Gasteiger partial charge in [-0.2, -0.15) is 0 Å². The van der Waals surface area contributed by atoms with Crippen molar-refractivity contribution >= 4 is 0 Å². The highest BCUT2D eigenvalue weighted by Crippen LogP contribution is 2.57. The van der Waals surface area contributed by atoms with Crippen LogP contribution in [-0.4, -0.2) is 5.92 Å². The van der Waals surface area contributed by atoms with Gasteiger partial charge in [-0.1, -0.05) is 38.2 Å². The lowest BCUT2D eigenvalue weighted by Crippen LogP contribution is -2.34. The van der Waals surface area contributed by atoms with Gasteiger partial charge in [0.15, 0.2) is 5.83 Å². The summed E-state index contributed by atoms with van der Waals surface area (Å²) in [6.07, 6.45) is 6.38. The second kappa shape index (κ2) is 6.01. The minimum absolute atomic E-state index is 0.0513. The summed E-state index contributed by atoms with van der Waals surface area (Å²) in [5, 5.41) is 0. The van der Waals surface area contributed by atoms with Gasteiger partial charge in [0.25, 0.3) is 5.92 Å². The molecule has 1 saturated carbocycles. The molecule has 0 aliphatic heterocycles. The van der Waals surface area contributed by atoms with Crippen molar-refractivity contribution in [2.24, 2.45) is 17.8 Å². The van der Waals surface area contributed by atoms with E-state index >= 15 is 0 Å².